The Balaban J connectivity index is 1.48. The van der Waals surface area contributed by atoms with E-state index in [0.29, 0.717) is 23.7 Å². The van der Waals surface area contributed by atoms with Crippen LogP contribution >= 0.6 is 11.6 Å². The average molecular weight is 402 g/mol. The molecule has 28 heavy (non-hydrogen) atoms. The van der Waals surface area contributed by atoms with Gasteiger partial charge in [0.25, 0.3) is 0 Å². The Morgan fingerprint density at radius 1 is 1.25 bits per heavy atom. The van der Waals surface area contributed by atoms with Crippen molar-refractivity contribution >= 4 is 23.2 Å². The quantitative estimate of drug-likeness (QED) is 0.619. The van der Waals surface area contributed by atoms with Crippen molar-refractivity contribution in [2.45, 2.75) is 46.9 Å². The Morgan fingerprint density at radius 3 is 2.64 bits per heavy atom. The molecule has 0 radical (unpaired) electrons. The molecule has 3 aromatic rings. The molecule has 7 nitrogen and oxygen atoms in total. The molecular weight excluding hydrogens is 378 g/mol. The van der Waals surface area contributed by atoms with E-state index in [1.54, 1.807) is 21.8 Å². The number of hydrogen-bond acceptors (Lipinski definition) is 4. The summed E-state index contributed by atoms with van der Waals surface area (Å²) in [5, 5.41) is 12.0. The number of halogens is 1. The van der Waals surface area contributed by atoms with Gasteiger partial charge in [0.15, 0.2) is 6.73 Å². The van der Waals surface area contributed by atoms with Gasteiger partial charge in [0.05, 0.1) is 41.0 Å². The van der Waals surface area contributed by atoms with E-state index in [1.807, 2.05) is 38.1 Å². The lowest BCUT2D eigenvalue weighted by Gasteiger charge is -2.07. The van der Waals surface area contributed by atoms with Crippen LogP contribution in [0.4, 0.5) is 5.69 Å². The zero-order valence-corrected chi connectivity index (χ0v) is 17.0. The zero-order valence-electron chi connectivity index (χ0n) is 16.3. The second kappa shape index (κ2) is 8.93. The third kappa shape index (κ3) is 4.92. The molecule has 1 amide bonds. The first kappa shape index (κ1) is 19.9. The molecule has 1 aromatic carbocycles. The molecule has 0 aliphatic heterocycles. The van der Waals surface area contributed by atoms with E-state index in [1.165, 1.54) is 5.56 Å². The van der Waals surface area contributed by atoms with Gasteiger partial charge in [-0.25, -0.2) is 4.68 Å². The summed E-state index contributed by atoms with van der Waals surface area (Å²) in [6, 6.07) is 7.96. The van der Waals surface area contributed by atoms with E-state index in [2.05, 4.69) is 22.4 Å². The van der Waals surface area contributed by atoms with Crippen LogP contribution in [0.15, 0.2) is 36.7 Å². The van der Waals surface area contributed by atoms with Crippen molar-refractivity contribution in [1.82, 2.24) is 19.6 Å². The molecule has 1 N–H and O–H groups in total. The van der Waals surface area contributed by atoms with Crippen molar-refractivity contribution in [1.29, 1.82) is 0 Å². The lowest BCUT2D eigenvalue weighted by Crippen LogP contribution is -2.15. The molecular formula is C20H24ClN5O2. The third-order valence-corrected chi connectivity index (χ3v) is 5.00. The number of carbonyl (C=O) groups excluding carboxylic acids is 1. The monoisotopic (exact) mass is 401 g/mol. The van der Waals surface area contributed by atoms with Gasteiger partial charge in [-0.3, -0.25) is 9.48 Å². The first-order valence-electron chi connectivity index (χ1n) is 9.19. The van der Waals surface area contributed by atoms with Crippen LogP contribution in [0.5, 0.6) is 5.75 Å². The van der Waals surface area contributed by atoms with Gasteiger partial charge in [-0.2, -0.15) is 10.2 Å². The molecule has 0 bridgehead atoms. The number of amides is 1. The summed E-state index contributed by atoms with van der Waals surface area (Å²) < 4.78 is 9.08. The maximum Gasteiger partial charge on any atom is 0.226 e. The van der Waals surface area contributed by atoms with Crippen LogP contribution in [0.1, 0.15) is 30.3 Å². The fourth-order valence-corrected chi connectivity index (χ4v) is 2.92. The molecule has 0 aliphatic carbocycles. The van der Waals surface area contributed by atoms with Crippen LogP contribution in [0.25, 0.3) is 0 Å². The van der Waals surface area contributed by atoms with Crippen LogP contribution < -0.4 is 10.1 Å². The highest BCUT2D eigenvalue weighted by Crippen LogP contribution is 2.19. The van der Waals surface area contributed by atoms with Crippen LogP contribution in [0.2, 0.25) is 5.02 Å². The number of hydrogen-bond donors (Lipinski definition) is 1. The van der Waals surface area contributed by atoms with Gasteiger partial charge in [0.2, 0.25) is 5.91 Å². The fraction of sp³-hybridized carbons (Fsp3) is 0.350. The molecule has 148 valence electrons. The van der Waals surface area contributed by atoms with Crippen molar-refractivity contribution in [2.24, 2.45) is 0 Å². The van der Waals surface area contributed by atoms with Gasteiger partial charge in [-0.05, 0) is 38.0 Å². The highest BCUT2D eigenvalue weighted by molar-refractivity contribution is 6.31. The molecule has 0 atom stereocenters. The van der Waals surface area contributed by atoms with Crippen LogP contribution in [-0.2, 0) is 24.5 Å². The Morgan fingerprint density at radius 2 is 2.00 bits per heavy atom. The highest BCUT2D eigenvalue weighted by atomic mass is 35.5. The second-order valence-electron chi connectivity index (χ2n) is 6.55. The fourth-order valence-electron chi connectivity index (χ4n) is 2.78. The highest BCUT2D eigenvalue weighted by Gasteiger charge is 2.11. The Hall–Kier alpha value is -2.80. The average Bonchev–Trinajstić information content (AvgIpc) is 3.24. The first-order chi connectivity index (χ1) is 13.5. The maximum absolute atomic E-state index is 12.2. The molecule has 0 saturated carbocycles. The molecule has 3 rings (SSSR count). The maximum atomic E-state index is 12.2. The van der Waals surface area contributed by atoms with Crippen LogP contribution in [0.3, 0.4) is 0 Å². The number of benzene rings is 1. The van der Waals surface area contributed by atoms with Gasteiger partial charge < -0.3 is 10.1 Å². The number of ether oxygens (including phenoxy) is 1. The van der Waals surface area contributed by atoms with Gasteiger partial charge in [-0.15, -0.1) is 0 Å². The smallest absolute Gasteiger partial charge is 0.226 e. The molecule has 0 aliphatic rings. The lowest BCUT2D eigenvalue weighted by molar-refractivity contribution is -0.116. The number of carbonyl (C=O) groups is 1. The summed E-state index contributed by atoms with van der Waals surface area (Å²) in [7, 11) is 0. The normalized spacial score (nSPS) is 10.9. The van der Waals surface area contributed by atoms with Crippen molar-refractivity contribution < 1.29 is 9.53 Å². The van der Waals surface area contributed by atoms with Gasteiger partial charge >= 0.3 is 0 Å². The van der Waals surface area contributed by atoms with E-state index >= 15 is 0 Å². The third-order valence-electron chi connectivity index (χ3n) is 4.46. The summed E-state index contributed by atoms with van der Waals surface area (Å²) in [6.45, 7) is 6.59. The van der Waals surface area contributed by atoms with Crippen molar-refractivity contribution in [3.63, 3.8) is 0 Å². The second-order valence-corrected chi connectivity index (χ2v) is 6.92. The molecule has 0 fully saturated rings. The topological polar surface area (TPSA) is 74.0 Å². The van der Waals surface area contributed by atoms with Crippen LogP contribution in [0, 0.1) is 13.8 Å². The minimum Gasteiger partial charge on any atom is -0.471 e. The first-order valence-corrected chi connectivity index (χ1v) is 9.57. The summed E-state index contributed by atoms with van der Waals surface area (Å²) in [5.74, 6) is 0.668. The minimum atomic E-state index is -0.112. The minimum absolute atomic E-state index is 0.112. The molecule has 8 heteroatoms. The Kier molecular flexibility index (Phi) is 6.36. The zero-order chi connectivity index (χ0) is 20.1. The van der Waals surface area contributed by atoms with E-state index in [0.717, 1.165) is 23.6 Å². The predicted molar refractivity (Wildman–Crippen MR) is 109 cm³/mol. The number of rotatable bonds is 8. The molecule has 2 heterocycles. The van der Waals surface area contributed by atoms with E-state index < -0.39 is 0 Å². The Labute approximate surface area is 169 Å². The molecule has 0 saturated heterocycles. The van der Waals surface area contributed by atoms with E-state index in [9.17, 15) is 4.79 Å². The van der Waals surface area contributed by atoms with Crippen molar-refractivity contribution in [3.05, 3.63) is 58.6 Å². The van der Waals surface area contributed by atoms with Crippen LogP contribution in [-0.4, -0.2) is 25.5 Å². The molecule has 0 spiro atoms. The number of nitrogens with one attached hydrogen (secondary N) is 1. The van der Waals surface area contributed by atoms with E-state index in [4.69, 9.17) is 16.3 Å². The standard InChI is InChI=1S/C20H24ClN5O2/c1-4-16-5-7-18(8-6-16)28-13-25-12-17(11-22-25)23-19(27)9-10-26-15(3)20(21)14(2)24-26/h5-8,11-12H,4,9-10,13H2,1-3H3,(H,23,27). The number of aromatic nitrogens is 4. The summed E-state index contributed by atoms with van der Waals surface area (Å²) >= 11 is 6.13. The van der Waals surface area contributed by atoms with Gasteiger partial charge in [0, 0.05) is 6.42 Å². The number of aryl methyl sites for hydroxylation is 3. The van der Waals surface area contributed by atoms with Crippen molar-refractivity contribution in [3.8, 4) is 5.75 Å². The molecule has 2 aromatic heterocycles. The predicted octanol–water partition coefficient (Wildman–Crippen LogP) is 3.98. The number of anilines is 1. The SMILES string of the molecule is CCc1ccc(OCn2cc(NC(=O)CCn3nc(C)c(Cl)c3C)cn2)cc1. The lowest BCUT2D eigenvalue weighted by atomic mass is 10.2. The number of nitrogens with zero attached hydrogens (tertiary/aromatic N) is 4. The van der Waals surface area contributed by atoms with E-state index in [-0.39, 0.29) is 12.6 Å². The summed E-state index contributed by atoms with van der Waals surface area (Å²) in [5.41, 5.74) is 3.52. The summed E-state index contributed by atoms with van der Waals surface area (Å²) in [4.78, 5) is 12.2. The van der Waals surface area contributed by atoms with Gasteiger partial charge in [0.1, 0.15) is 5.75 Å². The van der Waals surface area contributed by atoms with Gasteiger partial charge in [-0.1, -0.05) is 30.7 Å². The Bertz CT molecular complexity index is 946. The van der Waals surface area contributed by atoms with Crippen molar-refractivity contribution in [2.75, 3.05) is 5.32 Å². The molecule has 0 unspecified atom stereocenters. The largest absolute Gasteiger partial charge is 0.471 e. The summed E-state index contributed by atoms with van der Waals surface area (Å²) in [6.07, 6.45) is 4.62.